The molecule has 0 aromatic carbocycles. The number of hydrogen-bond acceptors (Lipinski definition) is 2. The van der Waals surface area contributed by atoms with Crippen molar-refractivity contribution in [1.82, 2.24) is 10.2 Å². The molecule has 1 N–H and O–H groups in total. The van der Waals surface area contributed by atoms with Gasteiger partial charge in [-0.15, -0.1) is 6.58 Å². The number of rotatable bonds is 7. The third kappa shape index (κ3) is 4.25. The molecule has 0 radical (unpaired) electrons. The highest BCUT2D eigenvalue weighted by Gasteiger charge is 2.13. The van der Waals surface area contributed by atoms with Crippen molar-refractivity contribution in [2.75, 3.05) is 32.7 Å². The summed E-state index contributed by atoms with van der Waals surface area (Å²) >= 11 is 0. The monoisotopic (exact) mass is 196 g/mol. The Hall–Kier alpha value is -0.340. The van der Waals surface area contributed by atoms with Crippen molar-refractivity contribution in [1.29, 1.82) is 0 Å². The molecule has 1 rings (SSSR count). The summed E-state index contributed by atoms with van der Waals surface area (Å²) < 4.78 is 0. The Morgan fingerprint density at radius 3 is 3.00 bits per heavy atom. The SMILES string of the molecule is C=CCN(CC)CCCC1CCNC1. The average Bonchev–Trinajstić information content (AvgIpc) is 2.69. The number of nitrogens with zero attached hydrogens (tertiary/aromatic N) is 1. The normalized spacial score (nSPS) is 21.7. The van der Waals surface area contributed by atoms with Crippen molar-refractivity contribution in [3.05, 3.63) is 12.7 Å². The fraction of sp³-hybridized carbons (Fsp3) is 0.833. The van der Waals surface area contributed by atoms with Crippen molar-refractivity contribution in [3.8, 4) is 0 Å². The van der Waals surface area contributed by atoms with Crippen molar-refractivity contribution < 1.29 is 0 Å². The van der Waals surface area contributed by atoms with Gasteiger partial charge in [-0.05, 0) is 51.4 Å². The Balaban J connectivity index is 2.02. The molecule has 0 saturated carbocycles. The molecule has 1 aliphatic heterocycles. The highest BCUT2D eigenvalue weighted by Crippen LogP contribution is 2.14. The van der Waals surface area contributed by atoms with Gasteiger partial charge in [0.05, 0.1) is 0 Å². The Bertz CT molecular complexity index is 150. The van der Waals surface area contributed by atoms with Crippen LogP contribution in [0.15, 0.2) is 12.7 Å². The van der Waals surface area contributed by atoms with E-state index in [-0.39, 0.29) is 0 Å². The van der Waals surface area contributed by atoms with E-state index in [1.807, 2.05) is 6.08 Å². The predicted octanol–water partition coefficient (Wildman–Crippen LogP) is 1.88. The van der Waals surface area contributed by atoms with Crippen LogP contribution in [0.2, 0.25) is 0 Å². The van der Waals surface area contributed by atoms with Crippen LogP contribution < -0.4 is 5.32 Å². The zero-order valence-corrected chi connectivity index (χ0v) is 9.47. The van der Waals surface area contributed by atoms with Crippen molar-refractivity contribution in [2.45, 2.75) is 26.2 Å². The predicted molar refractivity (Wildman–Crippen MR) is 62.5 cm³/mol. The molecule has 0 aromatic heterocycles. The number of nitrogens with one attached hydrogen (secondary N) is 1. The first-order chi connectivity index (χ1) is 6.86. The summed E-state index contributed by atoms with van der Waals surface area (Å²) in [6.07, 6.45) is 6.11. The Kier molecular flexibility index (Phi) is 5.88. The van der Waals surface area contributed by atoms with Crippen LogP contribution in [0.3, 0.4) is 0 Å². The van der Waals surface area contributed by atoms with E-state index in [0.29, 0.717) is 0 Å². The van der Waals surface area contributed by atoms with Crippen LogP contribution in [0.5, 0.6) is 0 Å². The lowest BCUT2D eigenvalue weighted by molar-refractivity contribution is 0.301. The van der Waals surface area contributed by atoms with Gasteiger partial charge in [0.15, 0.2) is 0 Å². The molecule has 1 saturated heterocycles. The van der Waals surface area contributed by atoms with Crippen LogP contribution >= 0.6 is 0 Å². The summed E-state index contributed by atoms with van der Waals surface area (Å²) in [6, 6.07) is 0. The minimum absolute atomic E-state index is 0.942. The fourth-order valence-electron chi connectivity index (χ4n) is 2.13. The Morgan fingerprint density at radius 1 is 1.57 bits per heavy atom. The Morgan fingerprint density at radius 2 is 2.43 bits per heavy atom. The van der Waals surface area contributed by atoms with Gasteiger partial charge in [0.1, 0.15) is 0 Å². The number of likely N-dealkylation sites (N-methyl/N-ethyl adjacent to an activating group) is 1. The van der Waals surface area contributed by atoms with Gasteiger partial charge < -0.3 is 5.32 Å². The quantitative estimate of drug-likeness (QED) is 0.626. The summed E-state index contributed by atoms with van der Waals surface area (Å²) in [5.74, 6) is 0.942. The lowest BCUT2D eigenvalue weighted by Gasteiger charge is -2.19. The molecule has 1 unspecified atom stereocenters. The van der Waals surface area contributed by atoms with Gasteiger partial charge in [0.25, 0.3) is 0 Å². The van der Waals surface area contributed by atoms with Gasteiger partial charge in [-0.25, -0.2) is 0 Å². The molecule has 2 heteroatoms. The van der Waals surface area contributed by atoms with E-state index in [1.165, 1.54) is 38.9 Å². The highest BCUT2D eigenvalue weighted by atomic mass is 15.1. The summed E-state index contributed by atoms with van der Waals surface area (Å²) in [6.45, 7) is 11.9. The molecule has 1 fully saturated rings. The summed E-state index contributed by atoms with van der Waals surface area (Å²) in [5.41, 5.74) is 0. The van der Waals surface area contributed by atoms with Crippen molar-refractivity contribution in [2.24, 2.45) is 5.92 Å². The standard InChI is InChI=1S/C12H24N2/c1-3-9-14(4-2)10-5-6-12-7-8-13-11-12/h3,12-13H,1,4-11H2,2H3. The fourth-order valence-corrected chi connectivity index (χ4v) is 2.13. The molecule has 82 valence electrons. The van der Waals surface area contributed by atoms with Crippen LogP contribution in [0, 0.1) is 5.92 Å². The molecular formula is C12H24N2. The second-order valence-corrected chi connectivity index (χ2v) is 4.18. The summed E-state index contributed by atoms with van der Waals surface area (Å²) in [5, 5.41) is 3.42. The molecular weight excluding hydrogens is 172 g/mol. The van der Waals surface area contributed by atoms with E-state index in [1.54, 1.807) is 0 Å². The first-order valence-corrected chi connectivity index (χ1v) is 5.90. The van der Waals surface area contributed by atoms with E-state index < -0.39 is 0 Å². The molecule has 1 heterocycles. The minimum atomic E-state index is 0.942. The topological polar surface area (TPSA) is 15.3 Å². The van der Waals surface area contributed by atoms with E-state index >= 15 is 0 Å². The van der Waals surface area contributed by atoms with Crippen LogP contribution in [0.1, 0.15) is 26.2 Å². The maximum Gasteiger partial charge on any atom is 0.0160 e. The molecule has 0 bridgehead atoms. The molecule has 0 aromatic rings. The van der Waals surface area contributed by atoms with Gasteiger partial charge >= 0.3 is 0 Å². The van der Waals surface area contributed by atoms with Gasteiger partial charge in [0, 0.05) is 6.54 Å². The smallest absolute Gasteiger partial charge is 0.0160 e. The lowest BCUT2D eigenvalue weighted by atomic mass is 10.0. The largest absolute Gasteiger partial charge is 0.316 e. The van der Waals surface area contributed by atoms with Gasteiger partial charge in [-0.1, -0.05) is 13.0 Å². The van der Waals surface area contributed by atoms with Crippen LogP contribution in [-0.2, 0) is 0 Å². The molecule has 0 spiro atoms. The molecule has 0 amide bonds. The van der Waals surface area contributed by atoms with Crippen LogP contribution in [-0.4, -0.2) is 37.6 Å². The van der Waals surface area contributed by atoms with E-state index in [2.05, 4.69) is 23.7 Å². The zero-order chi connectivity index (χ0) is 10.2. The zero-order valence-electron chi connectivity index (χ0n) is 9.47. The van der Waals surface area contributed by atoms with Gasteiger partial charge in [-0.2, -0.15) is 0 Å². The van der Waals surface area contributed by atoms with E-state index in [0.717, 1.165) is 19.0 Å². The van der Waals surface area contributed by atoms with Gasteiger partial charge in [0.2, 0.25) is 0 Å². The minimum Gasteiger partial charge on any atom is -0.316 e. The first-order valence-electron chi connectivity index (χ1n) is 5.90. The van der Waals surface area contributed by atoms with Crippen LogP contribution in [0.25, 0.3) is 0 Å². The molecule has 2 nitrogen and oxygen atoms in total. The molecule has 0 aliphatic carbocycles. The highest BCUT2D eigenvalue weighted by molar-refractivity contribution is 4.74. The summed E-state index contributed by atoms with van der Waals surface area (Å²) in [7, 11) is 0. The average molecular weight is 196 g/mol. The molecule has 1 aliphatic rings. The second kappa shape index (κ2) is 7.02. The third-order valence-electron chi connectivity index (χ3n) is 3.08. The van der Waals surface area contributed by atoms with Crippen molar-refractivity contribution >= 4 is 0 Å². The maximum absolute atomic E-state index is 3.78. The maximum atomic E-state index is 3.78. The summed E-state index contributed by atoms with van der Waals surface area (Å²) in [4.78, 5) is 2.45. The lowest BCUT2D eigenvalue weighted by Crippen LogP contribution is -2.25. The Labute approximate surface area is 88.4 Å². The van der Waals surface area contributed by atoms with Crippen molar-refractivity contribution in [3.63, 3.8) is 0 Å². The first kappa shape index (κ1) is 11.7. The van der Waals surface area contributed by atoms with E-state index in [9.17, 15) is 0 Å². The number of hydrogen-bond donors (Lipinski definition) is 1. The van der Waals surface area contributed by atoms with Crippen LogP contribution in [0.4, 0.5) is 0 Å². The molecule has 1 atom stereocenters. The second-order valence-electron chi connectivity index (χ2n) is 4.18. The third-order valence-corrected chi connectivity index (χ3v) is 3.08. The molecule has 14 heavy (non-hydrogen) atoms. The van der Waals surface area contributed by atoms with Gasteiger partial charge in [-0.3, -0.25) is 4.90 Å². The van der Waals surface area contributed by atoms with E-state index in [4.69, 9.17) is 0 Å².